The zero-order valence-electron chi connectivity index (χ0n) is 38.5. The molecule has 0 aromatic heterocycles. The van der Waals surface area contributed by atoms with Gasteiger partial charge in [-0.25, -0.2) is 4.57 Å². The molecule has 0 amide bonds. The van der Waals surface area contributed by atoms with Gasteiger partial charge >= 0.3 is 19.8 Å². The summed E-state index contributed by atoms with van der Waals surface area (Å²) in [7, 11) is -5.11. The number of phosphoric ester groups is 1. The molecule has 61 heavy (non-hydrogen) atoms. The number of phosphoric acid groups is 1. The molecule has 0 heterocycles. The van der Waals surface area contributed by atoms with Crippen molar-refractivity contribution in [3.05, 3.63) is 0 Å². The highest BCUT2D eigenvalue weighted by Gasteiger charge is 2.51. The van der Waals surface area contributed by atoms with E-state index in [-0.39, 0.29) is 12.8 Å². The number of unbranched alkanes of at least 4 members (excludes halogenated alkanes) is 30. The van der Waals surface area contributed by atoms with Crippen molar-refractivity contribution < 1.29 is 63.1 Å². The molecule has 0 spiro atoms. The molecule has 0 aromatic rings. The molecule has 6 atom stereocenters. The zero-order chi connectivity index (χ0) is 45.0. The Morgan fingerprint density at radius 2 is 0.738 bits per heavy atom. The Labute approximate surface area is 370 Å². The van der Waals surface area contributed by atoms with Gasteiger partial charge in [-0.2, -0.15) is 0 Å². The van der Waals surface area contributed by atoms with Crippen LogP contribution in [0, 0.1) is 0 Å². The molecule has 1 rings (SSSR count). The zero-order valence-corrected chi connectivity index (χ0v) is 39.4. The van der Waals surface area contributed by atoms with Crippen molar-refractivity contribution >= 4 is 19.8 Å². The standard InChI is InChI=1S/C47H91O13P/c1-3-5-7-9-11-13-14-15-16-17-18-19-20-21-22-23-24-25-26-27-28-30-32-34-36-41(49)59-39(37-57-40(48)35-33-31-29-12-10-8-6-4-2)38-58-61(55,56)60-47-45(53)43(51)42(50)44(52)46(47)54/h39,42-47,50-54H,3-38H2,1-2H3,(H,55,56). The Balaban J connectivity index is 2.29. The maximum atomic E-state index is 12.8. The average molecular weight is 895 g/mol. The third-order valence-corrected chi connectivity index (χ3v) is 12.9. The molecular formula is C47H91O13P. The number of ether oxygens (including phenoxy) is 2. The fourth-order valence-corrected chi connectivity index (χ4v) is 8.91. The molecule has 0 aliphatic heterocycles. The number of hydrogen-bond donors (Lipinski definition) is 6. The van der Waals surface area contributed by atoms with Gasteiger partial charge in [-0.3, -0.25) is 18.6 Å². The van der Waals surface area contributed by atoms with Gasteiger partial charge in [0, 0.05) is 12.8 Å². The Morgan fingerprint density at radius 3 is 1.08 bits per heavy atom. The van der Waals surface area contributed by atoms with Gasteiger partial charge in [0.25, 0.3) is 0 Å². The highest BCUT2D eigenvalue weighted by molar-refractivity contribution is 7.47. The Morgan fingerprint density at radius 1 is 0.443 bits per heavy atom. The van der Waals surface area contributed by atoms with Gasteiger partial charge in [0.15, 0.2) is 6.10 Å². The molecule has 1 aliphatic carbocycles. The monoisotopic (exact) mass is 895 g/mol. The molecule has 1 saturated carbocycles. The van der Waals surface area contributed by atoms with Crippen molar-refractivity contribution in [1.82, 2.24) is 0 Å². The minimum absolute atomic E-state index is 0.105. The second kappa shape index (κ2) is 38.2. The third-order valence-electron chi connectivity index (χ3n) is 11.9. The predicted molar refractivity (Wildman–Crippen MR) is 240 cm³/mol. The van der Waals surface area contributed by atoms with Gasteiger partial charge in [-0.15, -0.1) is 0 Å². The summed E-state index contributed by atoms with van der Waals surface area (Å²) >= 11 is 0. The van der Waals surface area contributed by atoms with Crippen LogP contribution in [-0.4, -0.2) is 98.3 Å². The maximum absolute atomic E-state index is 12.8. The molecule has 14 heteroatoms. The molecular weight excluding hydrogens is 803 g/mol. The van der Waals surface area contributed by atoms with Gasteiger partial charge in [-0.1, -0.05) is 206 Å². The van der Waals surface area contributed by atoms with E-state index in [9.17, 15) is 44.6 Å². The maximum Gasteiger partial charge on any atom is 0.472 e. The summed E-state index contributed by atoms with van der Waals surface area (Å²) in [6.07, 6.45) is 26.2. The second-order valence-electron chi connectivity index (χ2n) is 17.7. The summed E-state index contributed by atoms with van der Waals surface area (Å²) in [6.45, 7) is 3.29. The summed E-state index contributed by atoms with van der Waals surface area (Å²) in [4.78, 5) is 35.6. The summed E-state index contributed by atoms with van der Waals surface area (Å²) in [5, 5.41) is 50.1. The molecule has 362 valence electrons. The normalized spacial score (nSPS) is 21.9. The smallest absolute Gasteiger partial charge is 0.462 e. The number of esters is 2. The molecule has 0 saturated heterocycles. The van der Waals surface area contributed by atoms with Crippen LogP contribution in [0.4, 0.5) is 0 Å². The largest absolute Gasteiger partial charge is 0.472 e. The highest BCUT2D eigenvalue weighted by Crippen LogP contribution is 2.47. The Hall–Kier alpha value is -1.15. The molecule has 13 nitrogen and oxygen atoms in total. The predicted octanol–water partition coefficient (Wildman–Crippen LogP) is 10.1. The van der Waals surface area contributed by atoms with E-state index in [1.807, 2.05) is 0 Å². The number of carbonyl (C=O) groups is 2. The minimum atomic E-state index is -5.11. The second-order valence-corrected chi connectivity index (χ2v) is 19.1. The van der Waals surface area contributed by atoms with E-state index in [4.69, 9.17) is 18.5 Å². The fourth-order valence-electron chi connectivity index (χ4n) is 7.94. The van der Waals surface area contributed by atoms with Crippen LogP contribution in [-0.2, 0) is 32.7 Å². The lowest BCUT2D eigenvalue weighted by Crippen LogP contribution is -2.64. The molecule has 6 N–H and O–H groups in total. The van der Waals surface area contributed by atoms with Crippen LogP contribution in [0.1, 0.15) is 232 Å². The lowest BCUT2D eigenvalue weighted by atomic mass is 9.85. The molecule has 6 unspecified atom stereocenters. The summed E-state index contributed by atoms with van der Waals surface area (Å²) in [5.74, 6) is -1.09. The van der Waals surface area contributed by atoms with E-state index < -0.39 is 75.7 Å². The third kappa shape index (κ3) is 30.6. The van der Waals surface area contributed by atoms with E-state index in [1.165, 1.54) is 154 Å². The van der Waals surface area contributed by atoms with Crippen LogP contribution in [0.25, 0.3) is 0 Å². The van der Waals surface area contributed by atoms with Crippen LogP contribution in [0.3, 0.4) is 0 Å². The van der Waals surface area contributed by atoms with Crippen molar-refractivity contribution in [2.45, 2.75) is 275 Å². The Kier molecular flexibility index (Phi) is 36.2. The van der Waals surface area contributed by atoms with Gasteiger partial charge in [-0.05, 0) is 12.8 Å². The van der Waals surface area contributed by atoms with Gasteiger partial charge in [0.1, 0.15) is 43.2 Å². The van der Waals surface area contributed by atoms with E-state index in [2.05, 4.69) is 13.8 Å². The number of aliphatic hydroxyl groups is 5. The van der Waals surface area contributed by atoms with Crippen molar-refractivity contribution in [1.29, 1.82) is 0 Å². The number of aliphatic hydroxyl groups excluding tert-OH is 5. The van der Waals surface area contributed by atoms with Gasteiger partial charge in [0.05, 0.1) is 6.61 Å². The first kappa shape index (κ1) is 57.9. The van der Waals surface area contributed by atoms with E-state index in [0.717, 1.165) is 38.5 Å². The van der Waals surface area contributed by atoms with Crippen molar-refractivity contribution in [3.8, 4) is 0 Å². The van der Waals surface area contributed by atoms with Crippen molar-refractivity contribution in [2.75, 3.05) is 13.2 Å². The van der Waals surface area contributed by atoms with Crippen molar-refractivity contribution in [2.24, 2.45) is 0 Å². The summed E-state index contributed by atoms with van der Waals surface area (Å²) in [5.41, 5.74) is 0. The van der Waals surface area contributed by atoms with E-state index >= 15 is 0 Å². The number of carbonyl (C=O) groups excluding carboxylic acids is 2. The molecule has 0 radical (unpaired) electrons. The summed E-state index contributed by atoms with van der Waals surface area (Å²) < 4.78 is 33.5. The molecule has 0 aromatic carbocycles. The van der Waals surface area contributed by atoms with Crippen LogP contribution in [0.2, 0.25) is 0 Å². The van der Waals surface area contributed by atoms with Crippen molar-refractivity contribution in [3.63, 3.8) is 0 Å². The van der Waals surface area contributed by atoms with Crippen LogP contribution < -0.4 is 0 Å². The molecule has 1 fully saturated rings. The topological polar surface area (TPSA) is 210 Å². The number of rotatable bonds is 42. The molecule has 1 aliphatic rings. The first-order valence-corrected chi connectivity index (χ1v) is 26.3. The number of hydrogen-bond acceptors (Lipinski definition) is 12. The summed E-state index contributed by atoms with van der Waals surface area (Å²) in [6, 6.07) is 0. The quantitative estimate of drug-likeness (QED) is 0.0192. The minimum Gasteiger partial charge on any atom is -0.462 e. The van der Waals surface area contributed by atoms with Gasteiger partial charge in [0.2, 0.25) is 0 Å². The van der Waals surface area contributed by atoms with Crippen LogP contribution in [0.5, 0.6) is 0 Å². The van der Waals surface area contributed by atoms with Gasteiger partial charge < -0.3 is 39.9 Å². The van der Waals surface area contributed by atoms with Crippen LogP contribution in [0.15, 0.2) is 0 Å². The fraction of sp³-hybridized carbons (Fsp3) is 0.957. The van der Waals surface area contributed by atoms with Crippen LogP contribution >= 0.6 is 7.82 Å². The first-order chi connectivity index (χ1) is 29.4. The molecule has 0 bridgehead atoms. The lowest BCUT2D eigenvalue weighted by Gasteiger charge is -2.41. The SMILES string of the molecule is CCCCCCCCCCCCCCCCCCCCCCCCCCC(=O)OC(COC(=O)CCCCCCCCCC)COP(=O)(O)OC1C(O)C(O)C(O)C(O)C1O. The highest BCUT2D eigenvalue weighted by atomic mass is 31.2. The Bertz CT molecular complexity index is 1080. The first-order valence-electron chi connectivity index (χ1n) is 24.8. The average Bonchev–Trinajstić information content (AvgIpc) is 3.24. The van der Waals surface area contributed by atoms with E-state index in [0.29, 0.717) is 12.8 Å². The lowest BCUT2D eigenvalue weighted by molar-refractivity contribution is -0.220. The van der Waals surface area contributed by atoms with E-state index in [1.54, 1.807) is 0 Å².